The van der Waals surface area contributed by atoms with Crippen LogP contribution < -0.4 is 5.43 Å². The summed E-state index contributed by atoms with van der Waals surface area (Å²) in [6.45, 7) is 2.91. The van der Waals surface area contributed by atoms with Crippen LogP contribution in [0.2, 0.25) is 0 Å². The maximum absolute atomic E-state index is 11.9. The molecular weight excluding hydrogens is 226 g/mol. The Labute approximate surface area is 99.3 Å². The van der Waals surface area contributed by atoms with Crippen molar-refractivity contribution >= 4 is 12.0 Å². The molecule has 17 heavy (non-hydrogen) atoms. The Bertz CT molecular complexity index is 304. The molecule has 0 aromatic heterocycles. The summed E-state index contributed by atoms with van der Waals surface area (Å²) >= 11 is 0. The minimum absolute atomic E-state index is 0.230. The Kier molecular flexibility index (Phi) is 3.80. The van der Waals surface area contributed by atoms with Gasteiger partial charge in [0, 0.05) is 19.6 Å². The molecule has 2 amide bonds. The molecule has 0 radical (unpaired) electrons. The van der Waals surface area contributed by atoms with Crippen LogP contribution in [0.15, 0.2) is 0 Å². The first-order valence-electron chi connectivity index (χ1n) is 5.81. The van der Waals surface area contributed by atoms with Crippen molar-refractivity contribution in [1.82, 2.24) is 15.3 Å². The highest BCUT2D eigenvalue weighted by Crippen LogP contribution is 2.17. The second-order valence-electron chi connectivity index (χ2n) is 4.21. The van der Waals surface area contributed by atoms with Crippen molar-refractivity contribution in [3.8, 4) is 0 Å². The van der Waals surface area contributed by atoms with Gasteiger partial charge in [-0.1, -0.05) is 0 Å². The zero-order valence-corrected chi connectivity index (χ0v) is 9.59. The number of carbonyl (C=O) groups is 2. The molecule has 0 saturated carbocycles. The summed E-state index contributed by atoms with van der Waals surface area (Å²) in [7, 11) is 0. The standard InChI is InChI=1S/C10H17N3O4/c14-9(11-12-4-6-17-7-5-12)8-2-1-3-13(8)10(15)16/h8H,1-7H2,(H,11,14)(H,15,16). The second kappa shape index (κ2) is 5.33. The summed E-state index contributed by atoms with van der Waals surface area (Å²) in [5, 5.41) is 10.7. The molecule has 2 N–H and O–H groups in total. The number of carbonyl (C=O) groups excluding carboxylic acids is 1. The lowest BCUT2D eigenvalue weighted by Gasteiger charge is -2.29. The second-order valence-corrected chi connectivity index (χ2v) is 4.21. The Morgan fingerprint density at radius 3 is 2.59 bits per heavy atom. The highest BCUT2D eigenvalue weighted by molar-refractivity contribution is 5.85. The van der Waals surface area contributed by atoms with Crippen molar-refractivity contribution < 1.29 is 19.4 Å². The normalized spacial score (nSPS) is 25.9. The van der Waals surface area contributed by atoms with Crippen molar-refractivity contribution in [1.29, 1.82) is 0 Å². The zero-order chi connectivity index (χ0) is 12.3. The lowest BCUT2D eigenvalue weighted by Crippen LogP contribution is -2.54. The average Bonchev–Trinajstić information content (AvgIpc) is 2.79. The SMILES string of the molecule is O=C(NN1CCOCC1)C1CCCN1C(=O)O. The predicted octanol–water partition coefficient (Wildman–Crippen LogP) is -0.508. The molecule has 7 heteroatoms. The summed E-state index contributed by atoms with van der Waals surface area (Å²) < 4.78 is 5.17. The molecular formula is C10H17N3O4. The van der Waals surface area contributed by atoms with Gasteiger partial charge in [0.15, 0.2) is 0 Å². The van der Waals surface area contributed by atoms with Crippen molar-refractivity contribution in [3.63, 3.8) is 0 Å². The van der Waals surface area contributed by atoms with Crippen molar-refractivity contribution in [2.75, 3.05) is 32.8 Å². The van der Waals surface area contributed by atoms with Crippen molar-refractivity contribution in [2.24, 2.45) is 0 Å². The maximum Gasteiger partial charge on any atom is 0.407 e. The summed E-state index contributed by atoms with van der Waals surface area (Å²) in [4.78, 5) is 24.1. The van der Waals surface area contributed by atoms with Crippen LogP contribution in [0.25, 0.3) is 0 Å². The number of likely N-dealkylation sites (tertiary alicyclic amines) is 1. The maximum atomic E-state index is 11.9. The molecule has 0 aromatic rings. The largest absolute Gasteiger partial charge is 0.465 e. The monoisotopic (exact) mass is 243 g/mol. The van der Waals surface area contributed by atoms with Crippen LogP contribution in [0.1, 0.15) is 12.8 Å². The van der Waals surface area contributed by atoms with Crippen molar-refractivity contribution in [3.05, 3.63) is 0 Å². The van der Waals surface area contributed by atoms with Gasteiger partial charge in [0.2, 0.25) is 0 Å². The van der Waals surface area contributed by atoms with E-state index >= 15 is 0 Å². The quantitative estimate of drug-likeness (QED) is 0.682. The number of ether oxygens (including phenoxy) is 1. The van der Waals surface area contributed by atoms with Gasteiger partial charge < -0.3 is 9.84 Å². The third-order valence-electron chi connectivity index (χ3n) is 3.08. The van der Waals surface area contributed by atoms with E-state index in [4.69, 9.17) is 9.84 Å². The van der Waals surface area contributed by atoms with E-state index in [1.54, 1.807) is 5.01 Å². The zero-order valence-electron chi connectivity index (χ0n) is 9.59. The van der Waals surface area contributed by atoms with E-state index in [0.29, 0.717) is 39.3 Å². The van der Waals surface area contributed by atoms with Crippen LogP contribution in [-0.2, 0) is 9.53 Å². The molecule has 1 unspecified atom stereocenters. The van der Waals surface area contributed by atoms with Gasteiger partial charge in [-0.05, 0) is 12.8 Å². The van der Waals surface area contributed by atoms with E-state index in [2.05, 4.69) is 5.43 Å². The summed E-state index contributed by atoms with van der Waals surface area (Å²) in [6, 6.07) is -0.546. The van der Waals surface area contributed by atoms with Gasteiger partial charge in [0.1, 0.15) is 6.04 Å². The fourth-order valence-electron chi connectivity index (χ4n) is 2.17. The minimum Gasteiger partial charge on any atom is -0.465 e. The molecule has 2 aliphatic rings. The van der Waals surface area contributed by atoms with Crippen LogP contribution in [0.4, 0.5) is 4.79 Å². The third kappa shape index (κ3) is 2.86. The third-order valence-corrected chi connectivity index (χ3v) is 3.08. The first-order chi connectivity index (χ1) is 8.18. The smallest absolute Gasteiger partial charge is 0.407 e. The Hall–Kier alpha value is -1.34. The number of hydrogen-bond acceptors (Lipinski definition) is 4. The van der Waals surface area contributed by atoms with E-state index < -0.39 is 12.1 Å². The van der Waals surface area contributed by atoms with Gasteiger partial charge in [-0.2, -0.15) is 0 Å². The molecule has 0 aromatic carbocycles. The Morgan fingerprint density at radius 1 is 1.24 bits per heavy atom. The van der Waals surface area contributed by atoms with Crippen LogP contribution in [-0.4, -0.2) is 65.9 Å². The molecule has 2 rings (SSSR count). The number of carboxylic acid groups (broad SMARTS) is 1. The van der Waals surface area contributed by atoms with E-state index in [1.807, 2.05) is 0 Å². The van der Waals surface area contributed by atoms with Crippen LogP contribution >= 0.6 is 0 Å². The number of amides is 2. The molecule has 2 saturated heterocycles. The molecule has 2 fully saturated rings. The molecule has 0 bridgehead atoms. The predicted molar refractivity (Wildman–Crippen MR) is 58.3 cm³/mol. The number of nitrogens with one attached hydrogen (secondary N) is 1. The first kappa shape index (κ1) is 12.1. The fourth-order valence-corrected chi connectivity index (χ4v) is 2.17. The molecule has 96 valence electrons. The molecule has 0 aliphatic carbocycles. The van der Waals surface area contributed by atoms with Crippen molar-refractivity contribution in [2.45, 2.75) is 18.9 Å². The van der Waals surface area contributed by atoms with Gasteiger partial charge in [-0.25, -0.2) is 9.80 Å². The summed E-state index contributed by atoms with van der Waals surface area (Å²) in [5.74, 6) is -0.230. The lowest BCUT2D eigenvalue weighted by atomic mass is 10.2. The molecule has 1 atom stereocenters. The number of hydrogen-bond donors (Lipinski definition) is 2. The topological polar surface area (TPSA) is 82.1 Å². The van der Waals surface area contributed by atoms with Crippen LogP contribution in [0.3, 0.4) is 0 Å². The Balaban J connectivity index is 1.88. The van der Waals surface area contributed by atoms with Gasteiger partial charge in [-0.15, -0.1) is 0 Å². The summed E-state index contributed by atoms with van der Waals surface area (Å²) in [6.07, 6.45) is 0.320. The number of morpholine rings is 1. The Morgan fingerprint density at radius 2 is 1.94 bits per heavy atom. The molecule has 0 spiro atoms. The minimum atomic E-state index is -1.02. The fraction of sp³-hybridized carbons (Fsp3) is 0.800. The number of nitrogens with zero attached hydrogens (tertiary/aromatic N) is 2. The van der Waals surface area contributed by atoms with E-state index in [-0.39, 0.29) is 5.91 Å². The van der Waals surface area contributed by atoms with Gasteiger partial charge >= 0.3 is 6.09 Å². The van der Waals surface area contributed by atoms with Gasteiger partial charge in [-0.3, -0.25) is 15.1 Å². The molecule has 7 nitrogen and oxygen atoms in total. The van der Waals surface area contributed by atoms with Gasteiger partial charge in [0.25, 0.3) is 5.91 Å². The van der Waals surface area contributed by atoms with E-state index in [1.165, 1.54) is 4.90 Å². The highest BCUT2D eigenvalue weighted by atomic mass is 16.5. The number of hydrazine groups is 1. The first-order valence-corrected chi connectivity index (χ1v) is 5.81. The summed E-state index contributed by atoms with van der Waals surface area (Å²) in [5.41, 5.74) is 2.76. The lowest BCUT2D eigenvalue weighted by molar-refractivity contribution is -0.132. The van der Waals surface area contributed by atoms with E-state index in [9.17, 15) is 9.59 Å². The van der Waals surface area contributed by atoms with E-state index in [0.717, 1.165) is 6.42 Å². The average molecular weight is 243 g/mol. The van der Waals surface area contributed by atoms with Crippen LogP contribution in [0.5, 0.6) is 0 Å². The highest BCUT2D eigenvalue weighted by Gasteiger charge is 2.34. The molecule has 2 heterocycles. The molecule has 2 aliphatic heterocycles. The number of rotatable bonds is 2. The van der Waals surface area contributed by atoms with Gasteiger partial charge in [0.05, 0.1) is 13.2 Å². The van der Waals surface area contributed by atoms with Crippen LogP contribution in [0, 0.1) is 0 Å².